The van der Waals surface area contributed by atoms with Crippen LogP contribution < -0.4 is 10.0 Å². The molecule has 1 atom stereocenters. The van der Waals surface area contributed by atoms with Crippen LogP contribution in [-0.2, 0) is 19.6 Å². The first-order valence-corrected chi connectivity index (χ1v) is 9.88. The molecule has 2 aromatic rings. The van der Waals surface area contributed by atoms with Crippen molar-refractivity contribution in [3.8, 4) is 0 Å². The maximum absolute atomic E-state index is 12.6. The molecule has 0 aromatic heterocycles. The molecule has 0 aliphatic rings. The van der Waals surface area contributed by atoms with Gasteiger partial charge in [0.05, 0.1) is 24.5 Å². The molecule has 0 radical (unpaired) electrons. The molecular weight excluding hydrogens is 368 g/mol. The first-order chi connectivity index (χ1) is 12.9. The fourth-order valence-electron chi connectivity index (χ4n) is 2.49. The fraction of sp³-hybridized carbons (Fsp3) is 0.263. The van der Waals surface area contributed by atoms with E-state index in [0.717, 1.165) is 5.56 Å². The predicted molar refractivity (Wildman–Crippen MR) is 101 cm³/mol. The molecule has 1 unspecified atom stereocenters. The van der Waals surface area contributed by atoms with Gasteiger partial charge >= 0.3 is 5.97 Å². The van der Waals surface area contributed by atoms with Crippen LogP contribution in [0.25, 0.3) is 0 Å². The van der Waals surface area contributed by atoms with Crippen molar-refractivity contribution in [3.63, 3.8) is 0 Å². The Bertz CT molecular complexity index is 880. The number of hydrogen-bond donors (Lipinski definition) is 2. The lowest BCUT2D eigenvalue weighted by Crippen LogP contribution is -2.30. The molecule has 7 nitrogen and oxygen atoms in total. The number of sulfonamides is 1. The van der Waals surface area contributed by atoms with Crippen LogP contribution in [0.2, 0.25) is 0 Å². The summed E-state index contributed by atoms with van der Waals surface area (Å²) in [6.07, 6.45) is -0.0147. The van der Waals surface area contributed by atoms with Crippen molar-refractivity contribution >= 4 is 21.9 Å². The van der Waals surface area contributed by atoms with E-state index < -0.39 is 27.9 Å². The van der Waals surface area contributed by atoms with Crippen LogP contribution in [0.5, 0.6) is 0 Å². The van der Waals surface area contributed by atoms with Gasteiger partial charge in [-0.1, -0.05) is 37.3 Å². The molecule has 0 aliphatic carbocycles. The molecule has 0 heterocycles. The first kappa shape index (κ1) is 20.6. The van der Waals surface area contributed by atoms with E-state index in [4.69, 9.17) is 4.74 Å². The average molecular weight is 390 g/mol. The molecule has 8 heteroatoms. The number of carbonyl (C=O) groups is 2. The third-order valence-electron chi connectivity index (χ3n) is 3.87. The summed E-state index contributed by atoms with van der Waals surface area (Å²) in [5.41, 5.74) is 1.05. The topological polar surface area (TPSA) is 102 Å². The van der Waals surface area contributed by atoms with Crippen LogP contribution in [-0.4, -0.2) is 33.9 Å². The Morgan fingerprint density at radius 2 is 1.67 bits per heavy atom. The Morgan fingerprint density at radius 3 is 2.22 bits per heavy atom. The van der Waals surface area contributed by atoms with Crippen molar-refractivity contribution < 1.29 is 22.7 Å². The van der Waals surface area contributed by atoms with Crippen LogP contribution in [0, 0.1) is 0 Å². The van der Waals surface area contributed by atoms with Gasteiger partial charge in [-0.2, -0.15) is 0 Å². The highest BCUT2D eigenvalue weighted by atomic mass is 32.2. The van der Waals surface area contributed by atoms with Crippen LogP contribution in [0.15, 0.2) is 59.5 Å². The summed E-state index contributed by atoms with van der Waals surface area (Å²) in [6, 6.07) is 14.1. The lowest BCUT2D eigenvalue weighted by Gasteiger charge is -2.18. The number of rotatable bonds is 8. The number of carbonyl (C=O) groups excluding carboxylic acids is 2. The van der Waals surface area contributed by atoms with Gasteiger partial charge in [-0.15, -0.1) is 0 Å². The summed E-state index contributed by atoms with van der Waals surface area (Å²) < 4.78 is 31.0. The van der Waals surface area contributed by atoms with E-state index in [-0.39, 0.29) is 23.4 Å². The van der Waals surface area contributed by atoms with Gasteiger partial charge in [0.1, 0.15) is 0 Å². The second-order valence-corrected chi connectivity index (χ2v) is 7.51. The monoisotopic (exact) mass is 390 g/mol. The Morgan fingerprint density at radius 1 is 1.04 bits per heavy atom. The van der Waals surface area contributed by atoms with Gasteiger partial charge in [0.15, 0.2) is 0 Å². The fourth-order valence-corrected chi connectivity index (χ4v) is 3.53. The summed E-state index contributed by atoms with van der Waals surface area (Å²) in [4.78, 5) is 24.3. The molecule has 1 amide bonds. The molecule has 0 fully saturated rings. The van der Waals surface area contributed by atoms with E-state index in [1.807, 2.05) is 18.2 Å². The Kier molecular flexibility index (Phi) is 7.09. The normalized spacial score (nSPS) is 12.2. The molecule has 2 aromatic carbocycles. The third kappa shape index (κ3) is 5.63. The highest BCUT2D eigenvalue weighted by Crippen LogP contribution is 2.18. The van der Waals surface area contributed by atoms with Crippen molar-refractivity contribution in [2.45, 2.75) is 24.3 Å². The lowest BCUT2D eigenvalue weighted by molar-refractivity contribution is -0.141. The molecule has 27 heavy (non-hydrogen) atoms. The van der Waals surface area contributed by atoms with Gasteiger partial charge in [-0.05, 0) is 29.8 Å². The van der Waals surface area contributed by atoms with Gasteiger partial charge in [-0.3, -0.25) is 9.59 Å². The number of ether oxygens (including phenoxy) is 1. The van der Waals surface area contributed by atoms with E-state index in [9.17, 15) is 18.0 Å². The molecule has 2 N–H and O–H groups in total. The second-order valence-electron chi connectivity index (χ2n) is 5.74. The van der Waals surface area contributed by atoms with E-state index in [1.165, 1.54) is 31.4 Å². The van der Waals surface area contributed by atoms with Gasteiger partial charge in [0.2, 0.25) is 10.0 Å². The lowest BCUT2D eigenvalue weighted by atomic mass is 10.0. The quantitative estimate of drug-likeness (QED) is 0.672. The van der Waals surface area contributed by atoms with E-state index in [1.54, 1.807) is 19.1 Å². The summed E-state index contributed by atoms with van der Waals surface area (Å²) >= 11 is 0. The summed E-state index contributed by atoms with van der Waals surface area (Å²) in [5.74, 6) is -0.864. The zero-order valence-corrected chi connectivity index (χ0v) is 16.0. The van der Waals surface area contributed by atoms with Crippen LogP contribution in [0.4, 0.5) is 0 Å². The maximum atomic E-state index is 12.6. The van der Waals surface area contributed by atoms with Crippen LogP contribution in [0.3, 0.4) is 0 Å². The second kappa shape index (κ2) is 9.29. The molecule has 0 spiro atoms. The number of nitrogens with one attached hydrogen (secondary N) is 2. The molecule has 0 saturated heterocycles. The van der Waals surface area contributed by atoms with Crippen LogP contribution >= 0.6 is 0 Å². The molecule has 0 saturated carbocycles. The minimum absolute atomic E-state index is 0.0147. The standard InChI is InChI=1S/C19H22N2O5S/c1-3-20-27(24,25)16-11-9-15(10-12-16)19(23)21-17(13-18(22)26-2)14-7-5-4-6-8-14/h4-12,17,20H,3,13H2,1-2H3,(H,21,23). The van der Waals surface area contributed by atoms with Crippen LogP contribution in [0.1, 0.15) is 35.3 Å². The number of amides is 1. The predicted octanol–water partition coefficient (Wildman–Crippen LogP) is 2.02. The van der Waals surface area contributed by atoms with E-state index in [0.29, 0.717) is 0 Å². The maximum Gasteiger partial charge on any atom is 0.307 e. The zero-order chi connectivity index (χ0) is 19.9. The van der Waals surface area contributed by atoms with Gasteiger partial charge in [0, 0.05) is 12.1 Å². The largest absolute Gasteiger partial charge is 0.469 e. The van der Waals surface area contributed by atoms with E-state index >= 15 is 0 Å². The smallest absolute Gasteiger partial charge is 0.307 e. The highest BCUT2D eigenvalue weighted by molar-refractivity contribution is 7.89. The van der Waals surface area contributed by atoms with E-state index in [2.05, 4.69) is 10.0 Å². The number of hydrogen-bond acceptors (Lipinski definition) is 5. The van der Waals surface area contributed by atoms with Crippen molar-refractivity contribution in [3.05, 3.63) is 65.7 Å². The SMILES string of the molecule is CCNS(=O)(=O)c1ccc(C(=O)NC(CC(=O)OC)c2ccccc2)cc1. The van der Waals surface area contributed by atoms with Gasteiger partial charge in [-0.25, -0.2) is 13.1 Å². The Balaban J connectivity index is 2.18. The van der Waals surface area contributed by atoms with Crippen molar-refractivity contribution in [1.82, 2.24) is 10.0 Å². The minimum atomic E-state index is -3.58. The van der Waals surface area contributed by atoms with Gasteiger partial charge in [0.25, 0.3) is 5.91 Å². The summed E-state index contributed by atoms with van der Waals surface area (Å²) in [5, 5.41) is 2.79. The number of benzene rings is 2. The summed E-state index contributed by atoms with van der Waals surface area (Å²) in [7, 11) is -2.29. The first-order valence-electron chi connectivity index (χ1n) is 8.39. The van der Waals surface area contributed by atoms with Crippen molar-refractivity contribution in [1.29, 1.82) is 0 Å². The molecular formula is C19H22N2O5S. The Hall–Kier alpha value is -2.71. The minimum Gasteiger partial charge on any atom is -0.469 e. The number of methoxy groups -OCH3 is 1. The molecule has 144 valence electrons. The number of esters is 1. The average Bonchev–Trinajstić information content (AvgIpc) is 2.68. The van der Waals surface area contributed by atoms with Crippen molar-refractivity contribution in [2.75, 3.05) is 13.7 Å². The Labute approximate surface area is 158 Å². The third-order valence-corrected chi connectivity index (χ3v) is 5.43. The molecule has 0 aliphatic heterocycles. The van der Waals surface area contributed by atoms with Crippen molar-refractivity contribution in [2.24, 2.45) is 0 Å². The molecule has 2 rings (SSSR count). The summed E-state index contributed by atoms with van der Waals surface area (Å²) in [6.45, 7) is 1.96. The highest BCUT2D eigenvalue weighted by Gasteiger charge is 2.20. The van der Waals surface area contributed by atoms with Gasteiger partial charge < -0.3 is 10.1 Å². The molecule has 0 bridgehead atoms. The zero-order valence-electron chi connectivity index (χ0n) is 15.1.